The van der Waals surface area contributed by atoms with Gasteiger partial charge in [0.1, 0.15) is 4.88 Å². The molecule has 1 N–H and O–H groups in total. The molecule has 1 heterocycles. The van der Waals surface area contributed by atoms with Crippen molar-refractivity contribution in [1.29, 1.82) is 0 Å². The number of benzene rings is 1. The fourth-order valence-electron chi connectivity index (χ4n) is 2.38. The van der Waals surface area contributed by atoms with Gasteiger partial charge in [-0.25, -0.2) is 4.98 Å². The van der Waals surface area contributed by atoms with E-state index in [1.165, 1.54) is 5.56 Å². The molecule has 0 saturated heterocycles. The summed E-state index contributed by atoms with van der Waals surface area (Å²) in [4.78, 5) is 3.14. The molecule has 2 aromatic rings. The first kappa shape index (κ1) is 13.4. The maximum atomic E-state index is 12.5. The molecule has 1 fully saturated rings. The maximum absolute atomic E-state index is 12.5. The van der Waals surface area contributed by atoms with Crippen molar-refractivity contribution in [3.63, 3.8) is 0 Å². The second-order valence-electron chi connectivity index (χ2n) is 4.95. The number of nitrogens with one attached hydrogen (secondary N) is 1. The van der Waals surface area contributed by atoms with Gasteiger partial charge in [-0.15, -0.1) is 0 Å². The third-order valence-corrected chi connectivity index (χ3v) is 4.50. The van der Waals surface area contributed by atoms with Gasteiger partial charge in [-0.3, -0.25) is 0 Å². The lowest BCUT2D eigenvalue weighted by molar-refractivity contribution is -0.134. The molecule has 0 atom stereocenters. The summed E-state index contributed by atoms with van der Waals surface area (Å²) in [5.41, 5.74) is 1.29. The zero-order valence-corrected chi connectivity index (χ0v) is 11.3. The highest BCUT2D eigenvalue weighted by atomic mass is 32.1. The van der Waals surface area contributed by atoms with Gasteiger partial charge in [0.15, 0.2) is 5.13 Å². The Morgan fingerprint density at radius 3 is 2.45 bits per heavy atom. The minimum atomic E-state index is -4.30. The highest BCUT2D eigenvalue weighted by molar-refractivity contribution is 7.15. The molecule has 3 rings (SSSR count). The van der Waals surface area contributed by atoms with Gasteiger partial charge in [0.2, 0.25) is 0 Å². The Kier molecular flexibility index (Phi) is 3.41. The third kappa shape index (κ3) is 2.80. The summed E-state index contributed by atoms with van der Waals surface area (Å²) in [6.07, 6.45) is -1.54. The number of thiazole rings is 1. The largest absolute Gasteiger partial charge is 0.427 e. The summed E-state index contributed by atoms with van der Waals surface area (Å²) in [6, 6.07) is 10.4. The van der Waals surface area contributed by atoms with Gasteiger partial charge in [0.25, 0.3) is 0 Å². The van der Waals surface area contributed by atoms with Gasteiger partial charge in [0.05, 0.1) is 6.20 Å². The Hall–Kier alpha value is -1.56. The predicted molar refractivity (Wildman–Crippen MR) is 72.9 cm³/mol. The van der Waals surface area contributed by atoms with Gasteiger partial charge in [-0.2, -0.15) is 13.2 Å². The average molecular weight is 298 g/mol. The van der Waals surface area contributed by atoms with E-state index in [1.807, 2.05) is 18.2 Å². The van der Waals surface area contributed by atoms with Crippen molar-refractivity contribution in [2.75, 3.05) is 5.32 Å². The summed E-state index contributed by atoms with van der Waals surface area (Å²) >= 11 is 0.667. The number of anilines is 1. The molecule has 0 aliphatic heterocycles. The van der Waals surface area contributed by atoms with Crippen LogP contribution in [0.5, 0.6) is 0 Å². The van der Waals surface area contributed by atoms with Gasteiger partial charge in [-0.1, -0.05) is 41.7 Å². The minimum Gasteiger partial charge on any atom is -0.359 e. The van der Waals surface area contributed by atoms with Crippen LogP contribution in [0, 0.1) is 0 Å². The first-order valence-electron chi connectivity index (χ1n) is 6.37. The van der Waals surface area contributed by atoms with Gasteiger partial charge < -0.3 is 5.32 Å². The summed E-state index contributed by atoms with van der Waals surface area (Å²) in [5.74, 6) is 0.496. The molecule has 20 heavy (non-hydrogen) atoms. The number of alkyl halides is 3. The van der Waals surface area contributed by atoms with Crippen LogP contribution in [0.3, 0.4) is 0 Å². The van der Waals surface area contributed by atoms with Crippen LogP contribution in [-0.4, -0.2) is 11.0 Å². The van der Waals surface area contributed by atoms with Crippen LogP contribution < -0.4 is 5.32 Å². The van der Waals surface area contributed by atoms with E-state index in [0.29, 0.717) is 22.4 Å². The van der Waals surface area contributed by atoms with E-state index >= 15 is 0 Å². The molecule has 1 saturated carbocycles. The van der Waals surface area contributed by atoms with Crippen molar-refractivity contribution >= 4 is 16.5 Å². The number of hydrogen-bond donors (Lipinski definition) is 1. The van der Waals surface area contributed by atoms with Crippen LogP contribution in [0.4, 0.5) is 18.3 Å². The molecule has 106 valence electrons. The van der Waals surface area contributed by atoms with Crippen LogP contribution in [0.25, 0.3) is 0 Å². The molecule has 6 heteroatoms. The highest BCUT2D eigenvalue weighted by Gasteiger charge is 2.35. The van der Waals surface area contributed by atoms with E-state index < -0.39 is 11.1 Å². The first-order chi connectivity index (χ1) is 9.52. The average Bonchev–Trinajstić information content (AvgIpc) is 2.83. The van der Waals surface area contributed by atoms with Crippen molar-refractivity contribution < 1.29 is 13.2 Å². The number of rotatable bonds is 3. The van der Waals surface area contributed by atoms with E-state index in [-0.39, 0.29) is 6.04 Å². The standard InChI is InChI=1S/C14H13F3N2S/c15-14(16,17)12-8-18-13(20-12)19-11-6-10(7-11)9-4-2-1-3-5-9/h1-5,8,10-11H,6-7H2,(H,18,19). The van der Waals surface area contributed by atoms with Gasteiger partial charge in [-0.05, 0) is 24.3 Å². The quantitative estimate of drug-likeness (QED) is 0.901. The molecular weight excluding hydrogens is 285 g/mol. The summed E-state index contributed by atoms with van der Waals surface area (Å²) in [6.45, 7) is 0. The second-order valence-corrected chi connectivity index (χ2v) is 5.98. The van der Waals surface area contributed by atoms with E-state index in [9.17, 15) is 13.2 Å². The maximum Gasteiger partial charge on any atom is 0.427 e. The Labute approximate surface area is 118 Å². The van der Waals surface area contributed by atoms with Crippen LogP contribution >= 0.6 is 11.3 Å². The SMILES string of the molecule is FC(F)(F)c1cnc(NC2CC(c3ccccc3)C2)s1. The molecule has 0 amide bonds. The van der Waals surface area contributed by atoms with Crippen LogP contribution in [0.15, 0.2) is 36.5 Å². The number of aromatic nitrogens is 1. The number of nitrogens with zero attached hydrogens (tertiary/aromatic N) is 1. The lowest BCUT2D eigenvalue weighted by Gasteiger charge is -2.36. The molecule has 0 spiro atoms. The zero-order valence-electron chi connectivity index (χ0n) is 10.5. The fraction of sp³-hybridized carbons (Fsp3) is 0.357. The smallest absolute Gasteiger partial charge is 0.359 e. The lowest BCUT2D eigenvalue weighted by Crippen LogP contribution is -2.33. The fourth-order valence-corrected chi connectivity index (χ4v) is 3.14. The first-order valence-corrected chi connectivity index (χ1v) is 7.18. The monoisotopic (exact) mass is 298 g/mol. The predicted octanol–water partition coefficient (Wildman–Crippen LogP) is 4.52. The Bertz CT molecular complexity index is 574. The molecule has 0 bridgehead atoms. The van der Waals surface area contributed by atoms with Gasteiger partial charge >= 0.3 is 6.18 Å². The second kappa shape index (κ2) is 5.09. The molecule has 0 unspecified atom stereocenters. The molecular formula is C14H13F3N2S. The van der Waals surface area contributed by atoms with E-state index in [2.05, 4.69) is 22.4 Å². The van der Waals surface area contributed by atoms with Crippen LogP contribution in [0.1, 0.15) is 29.2 Å². The van der Waals surface area contributed by atoms with Crippen molar-refractivity contribution in [2.45, 2.75) is 31.0 Å². The molecule has 1 aromatic heterocycles. The molecule has 1 aromatic carbocycles. The van der Waals surface area contributed by atoms with Crippen molar-refractivity contribution in [2.24, 2.45) is 0 Å². The van der Waals surface area contributed by atoms with Crippen molar-refractivity contribution in [3.05, 3.63) is 47.0 Å². The number of hydrogen-bond acceptors (Lipinski definition) is 3. The Morgan fingerprint density at radius 1 is 1.15 bits per heavy atom. The number of halogens is 3. The van der Waals surface area contributed by atoms with Gasteiger partial charge in [0, 0.05) is 6.04 Å². The normalized spacial score (nSPS) is 22.4. The van der Waals surface area contributed by atoms with Crippen molar-refractivity contribution in [3.8, 4) is 0 Å². The Balaban J connectivity index is 1.55. The third-order valence-electron chi connectivity index (χ3n) is 3.52. The molecule has 2 nitrogen and oxygen atoms in total. The van der Waals surface area contributed by atoms with Crippen LogP contribution in [-0.2, 0) is 6.18 Å². The zero-order chi connectivity index (χ0) is 14.2. The molecule has 0 radical (unpaired) electrons. The molecule has 1 aliphatic carbocycles. The van der Waals surface area contributed by atoms with Crippen molar-refractivity contribution in [1.82, 2.24) is 4.98 Å². The highest BCUT2D eigenvalue weighted by Crippen LogP contribution is 2.40. The van der Waals surface area contributed by atoms with Crippen LogP contribution in [0.2, 0.25) is 0 Å². The lowest BCUT2D eigenvalue weighted by atomic mass is 9.76. The Morgan fingerprint density at radius 2 is 1.85 bits per heavy atom. The summed E-state index contributed by atoms with van der Waals surface area (Å²) in [7, 11) is 0. The summed E-state index contributed by atoms with van der Waals surface area (Å²) in [5, 5.41) is 3.43. The topological polar surface area (TPSA) is 24.9 Å². The van der Waals surface area contributed by atoms with E-state index in [4.69, 9.17) is 0 Å². The minimum absolute atomic E-state index is 0.215. The van der Waals surface area contributed by atoms with E-state index in [0.717, 1.165) is 19.0 Å². The van der Waals surface area contributed by atoms with E-state index in [1.54, 1.807) is 0 Å². The molecule has 1 aliphatic rings. The summed E-state index contributed by atoms with van der Waals surface area (Å²) < 4.78 is 37.4.